The minimum absolute atomic E-state index is 0.0217. The van der Waals surface area contributed by atoms with Crippen LogP contribution in [0.1, 0.15) is 29.5 Å². The van der Waals surface area contributed by atoms with Gasteiger partial charge in [-0.2, -0.15) is 4.31 Å². The second-order valence-electron chi connectivity index (χ2n) is 5.45. The summed E-state index contributed by atoms with van der Waals surface area (Å²) < 4.78 is 27.2. The van der Waals surface area contributed by atoms with Gasteiger partial charge in [-0.05, 0) is 50.3 Å². The lowest BCUT2D eigenvalue weighted by Gasteiger charge is -2.24. The lowest BCUT2D eigenvalue weighted by molar-refractivity contribution is 0.250. The van der Waals surface area contributed by atoms with Crippen molar-refractivity contribution in [3.8, 4) is 0 Å². The third-order valence-electron chi connectivity index (χ3n) is 3.80. The highest BCUT2D eigenvalue weighted by Crippen LogP contribution is 2.35. The van der Waals surface area contributed by atoms with Gasteiger partial charge in [0.1, 0.15) is 0 Å². The van der Waals surface area contributed by atoms with Gasteiger partial charge in [0.25, 0.3) is 0 Å². The van der Waals surface area contributed by atoms with Gasteiger partial charge in [-0.1, -0.05) is 6.07 Å². The predicted molar refractivity (Wildman–Crippen MR) is 79.1 cm³/mol. The molecular weight excluding hydrogens is 276 g/mol. The molecule has 20 heavy (non-hydrogen) atoms. The molecule has 1 aromatic rings. The van der Waals surface area contributed by atoms with E-state index in [0.717, 1.165) is 18.4 Å². The maximum atomic E-state index is 12.9. The first kappa shape index (κ1) is 15.3. The van der Waals surface area contributed by atoms with E-state index in [0.29, 0.717) is 21.7 Å². The minimum Gasteiger partial charge on any atom is -0.398 e. The fourth-order valence-electron chi connectivity index (χ4n) is 2.66. The summed E-state index contributed by atoms with van der Waals surface area (Å²) in [6, 6.07) is 1.83. The van der Waals surface area contributed by atoms with Crippen LogP contribution in [-0.2, 0) is 10.0 Å². The van der Waals surface area contributed by atoms with Crippen molar-refractivity contribution in [2.45, 2.75) is 44.6 Å². The molecule has 0 aromatic heterocycles. The van der Waals surface area contributed by atoms with Crippen LogP contribution in [-0.4, -0.2) is 37.0 Å². The molecule has 1 aliphatic carbocycles. The number of sulfonamides is 1. The zero-order valence-electron chi connectivity index (χ0n) is 12.2. The summed E-state index contributed by atoms with van der Waals surface area (Å²) in [5, 5.41) is 9.13. The Morgan fingerprint density at radius 2 is 1.90 bits per heavy atom. The van der Waals surface area contributed by atoms with Gasteiger partial charge in [-0.3, -0.25) is 0 Å². The van der Waals surface area contributed by atoms with Crippen molar-refractivity contribution in [2.75, 3.05) is 18.9 Å². The van der Waals surface area contributed by atoms with Crippen molar-refractivity contribution in [1.29, 1.82) is 0 Å². The number of nitrogens with two attached hydrogens (primary N) is 1. The normalized spacial score (nSPS) is 15.8. The molecular formula is C14H22N2O3S. The smallest absolute Gasteiger partial charge is 0.244 e. The van der Waals surface area contributed by atoms with E-state index in [4.69, 9.17) is 10.8 Å². The van der Waals surface area contributed by atoms with Gasteiger partial charge in [-0.25, -0.2) is 8.42 Å². The summed E-state index contributed by atoms with van der Waals surface area (Å²) in [6.45, 7) is 5.37. The van der Waals surface area contributed by atoms with E-state index in [1.807, 2.05) is 6.92 Å². The molecule has 0 radical (unpaired) electrons. The summed E-state index contributed by atoms with van der Waals surface area (Å²) in [4.78, 5) is 0.293. The molecule has 2 rings (SSSR count). The Morgan fingerprint density at radius 3 is 2.40 bits per heavy atom. The highest BCUT2D eigenvalue weighted by Gasteiger charge is 2.39. The number of nitrogen functional groups attached to an aromatic ring is 1. The third-order valence-corrected chi connectivity index (χ3v) is 6.04. The van der Waals surface area contributed by atoms with E-state index < -0.39 is 10.0 Å². The first-order valence-corrected chi connectivity index (χ1v) is 8.23. The summed E-state index contributed by atoms with van der Waals surface area (Å²) in [7, 11) is -3.61. The summed E-state index contributed by atoms with van der Waals surface area (Å²) in [5.41, 5.74) is 8.70. The van der Waals surface area contributed by atoms with Crippen molar-refractivity contribution >= 4 is 15.7 Å². The second-order valence-corrected chi connectivity index (χ2v) is 7.28. The predicted octanol–water partition coefficient (Wildman–Crippen LogP) is 1.34. The van der Waals surface area contributed by atoms with Crippen LogP contribution in [0.4, 0.5) is 5.69 Å². The Bertz CT molecular complexity index is 622. The first-order chi connectivity index (χ1) is 9.30. The zero-order valence-corrected chi connectivity index (χ0v) is 13.0. The van der Waals surface area contributed by atoms with Crippen LogP contribution < -0.4 is 5.73 Å². The highest BCUT2D eigenvalue weighted by molar-refractivity contribution is 7.89. The lowest BCUT2D eigenvalue weighted by Crippen LogP contribution is -2.36. The highest BCUT2D eigenvalue weighted by atomic mass is 32.2. The topological polar surface area (TPSA) is 83.6 Å². The number of hydrogen-bond acceptors (Lipinski definition) is 4. The Balaban J connectivity index is 2.56. The third kappa shape index (κ3) is 2.55. The molecule has 1 fully saturated rings. The number of rotatable bonds is 5. The number of anilines is 1. The molecule has 3 N–H and O–H groups in total. The summed E-state index contributed by atoms with van der Waals surface area (Å²) in [6.07, 6.45) is 1.72. The zero-order chi connectivity index (χ0) is 15.1. The first-order valence-electron chi connectivity index (χ1n) is 6.79. The number of nitrogens with zero attached hydrogens (tertiary/aromatic N) is 1. The van der Waals surface area contributed by atoms with Gasteiger partial charge in [0.15, 0.2) is 0 Å². The average Bonchev–Trinajstić information content (AvgIpc) is 3.16. The van der Waals surface area contributed by atoms with Gasteiger partial charge >= 0.3 is 0 Å². The van der Waals surface area contributed by atoms with E-state index in [9.17, 15) is 8.42 Å². The van der Waals surface area contributed by atoms with E-state index in [2.05, 4.69) is 0 Å². The van der Waals surface area contributed by atoms with Gasteiger partial charge < -0.3 is 10.8 Å². The van der Waals surface area contributed by atoms with Gasteiger partial charge in [0.05, 0.1) is 11.5 Å². The molecule has 0 spiro atoms. The molecule has 112 valence electrons. The van der Waals surface area contributed by atoms with Crippen molar-refractivity contribution in [3.63, 3.8) is 0 Å². The van der Waals surface area contributed by atoms with Crippen molar-refractivity contribution in [1.82, 2.24) is 4.31 Å². The maximum absolute atomic E-state index is 12.9. The fraction of sp³-hybridized carbons (Fsp3) is 0.571. The largest absolute Gasteiger partial charge is 0.398 e. The SMILES string of the molecule is Cc1cc(C)c(S(=O)(=O)N(CCO)C2CC2)c(C)c1N. The van der Waals surface area contributed by atoms with Crippen molar-refractivity contribution in [3.05, 3.63) is 22.8 Å². The van der Waals surface area contributed by atoms with Gasteiger partial charge in [-0.15, -0.1) is 0 Å². The minimum atomic E-state index is -3.61. The van der Waals surface area contributed by atoms with Crippen LogP contribution >= 0.6 is 0 Å². The Hall–Kier alpha value is -1.11. The molecule has 5 nitrogen and oxygen atoms in total. The molecule has 0 bridgehead atoms. The molecule has 0 heterocycles. The molecule has 0 aliphatic heterocycles. The molecule has 1 saturated carbocycles. The van der Waals surface area contributed by atoms with E-state index in [1.165, 1.54) is 4.31 Å². The van der Waals surface area contributed by atoms with Gasteiger partial charge in [0, 0.05) is 18.3 Å². The van der Waals surface area contributed by atoms with Crippen LogP contribution in [0.25, 0.3) is 0 Å². The van der Waals surface area contributed by atoms with E-state index >= 15 is 0 Å². The average molecular weight is 298 g/mol. The summed E-state index contributed by atoms with van der Waals surface area (Å²) in [5.74, 6) is 0. The molecule has 0 atom stereocenters. The number of benzene rings is 1. The number of aliphatic hydroxyl groups is 1. The van der Waals surface area contributed by atoms with Crippen LogP contribution in [0.2, 0.25) is 0 Å². The Kier molecular flexibility index (Phi) is 4.09. The van der Waals surface area contributed by atoms with Crippen LogP contribution in [0.5, 0.6) is 0 Å². The standard InChI is InChI=1S/C14H22N2O3S/c1-9-8-10(2)14(11(3)13(9)15)20(18,19)16(6-7-17)12-4-5-12/h8,12,17H,4-7,15H2,1-3H3. The van der Waals surface area contributed by atoms with Crippen molar-refractivity contribution < 1.29 is 13.5 Å². The Morgan fingerprint density at radius 1 is 1.30 bits per heavy atom. The molecule has 1 aromatic carbocycles. The van der Waals surface area contributed by atoms with Gasteiger partial charge in [0.2, 0.25) is 10.0 Å². The summed E-state index contributed by atoms with van der Waals surface area (Å²) >= 11 is 0. The maximum Gasteiger partial charge on any atom is 0.244 e. The van der Waals surface area contributed by atoms with Crippen molar-refractivity contribution in [2.24, 2.45) is 0 Å². The number of aryl methyl sites for hydroxylation is 2. The fourth-order valence-corrected chi connectivity index (χ4v) is 4.78. The molecule has 0 saturated heterocycles. The van der Waals surface area contributed by atoms with E-state index in [1.54, 1.807) is 19.9 Å². The number of hydrogen-bond donors (Lipinski definition) is 2. The van der Waals surface area contributed by atoms with Crippen LogP contribution in [0.3, 0.4) is 0 Å². The lowest BCUT2D eigenvalue weighted by atomic mass is 10.1. The second kappa shape index (κ2) is 5.35. The van der Waals surface area contributed by atoms with E-state index in [-0.39, 0.29) is 19.2 Å². The molecule has 1 aliphatic rings. The molecule has 0 unspecified atom stereocenters. The quantitative estimate of drug-likeness (QED) is 0.804. The number of aliphatic hydroxyl groups excluding tert-OH is 1. The monoisotopic (exact) mass is 298 g/mol. The van der Waals surface area contributed by atoms with Crippen LogP contribution in [0.15, 0.2) is 11.0 Å². The van der Waals surface area contributed by atoms with Crippen LogP contribution in [0, 0.1) is 20.8 Å². The Labute approximate surface area is 120 Å². The molecule has 0 amide bonds. The molecule has 6 heteroatoms.